The molecular formula is C8H4ClFS2. The molecular weight excluding hydrogens is 215 g/mol. The molecule has 1 heterocycles. The van der Waals surface area contributed by atoms with E-state index in [9.17, 15) is 4.39 Å². The molecule has 0 radical (unpaired) electrons. The molecule has 2 aromatic rings. The molecule has 0 unspecified atom stereocenters. The molecule has 0 fully saturated rings. The molecule has 4 heteroatoms. The summed E-state index contributed by atoms with van der Waals surface area (Å²) >= 11 is 11.2. The lowest BCUT2D eigenvalue weighted by atomic mass is 10.2. The van der Waals surface area contributed by atoms with E-state index in [4.69, 9.17) is 11.6 Å². The Kier molecular flexibility index (Phi) is 2.02. The lowest BCUT2D eigenvalue weighted by molar-refractivity contribution is 0.639. The first-order chi connectivity index (χ1) is 5.70. The smallest absolute Gasteiger partial charge is 0.151 e. The fourth-order valence-corrected chi connectivity index (χ4v) is 2.48. The SMILES string of the molecule is Fc1c(Cl)ccc2scc(S)c12. The maximum absolute atomic E-state index is 13.3. The van der Waals surface area contributed by atoms with Gasteiger partial charge in [-0.05, 0) is 12.1 Å². The van der Waals surface area contributed by atoms with Crippen molar-refractivity contribution in [3.8, 4) is 0 Å². The molecule has 0 N–H and O–H groups in total. The van der Waals surface area contributed by atoms with Crippen molar-refractivity contribution in [2.45, 2.75) is 4.90 Å². The minimum absolute atomic E-state index is 0.149. The molecule has 12 heavy (non-hydrogen) atoms. The highest BCUT2D eigenvalue weighted by molar-refractivity contribution is 7.80. The molecule has 0 aliphatic rings. The van der Waals surface area contributed by atoms with Crippen molar-refractivity contribution >= 4 is 45.7 Å². The van der Waals surface area contributed by atoms with Gasteiger partial charge in [-0.1, -0.05) is 11.6 Å². The van der Waals surface area contributed by atoms with Gasteiger partial charge >= 0.3 is 0 Å². The number of rotatable bonds is 0. The van der Waals surface area contributed by atoms with Gasteiger partial charge in [0.05, 0.1) is 5.02 Å². The normalized spacial score (nSPS) is 10.9. The number of thiophene rings is 1. The average molecular weight is 219 g/mol. The van der Waals surface area contributed by atoms with Gasteiger partial charge < -0.3 is 0 Å². The molecule has 0 nitrogen and oxygen atoms in total. The van der Waals surface area contributed by atoms with Gasteiger partial charge in [0.2, 0.25) is 0 Å². The Morgan fingerprint density at radius 1 is 1.42 bits per heavy atom. The van der Waals surface area contributed by atoms with Crippen molar-refractivity contribution in [1.82, 2.24) is 0 Å². The van der Waals surface area contributed by atoms with Gasteiger partial charge in [0.25, 0.3) is 0 Å². The highest BCUT2D eigenvalue weighted by atomic mass is 35.5. The highest BCUT2D eigenvalue weighted by Gasteiger charge is 2.09. The number of hydrogen-bond acceptors (Lipinski definition) is 2. The average Bonchev–Trinajstić information content (AvgIpc) is 2.41. The Morgan fingerprint density at radius 3 is 2.92 bits per heavy atom. The van der Waals surface area contributed by atoms with Crippen LogP contribution in [0.2, 0.25) is 5.02 Å². The van der Waals surface area contributed by atoms with Gasteiger partial charge in [-0.15, -0.1) is 24.0 Å². The van der Waals surface area contributed by atoms with Crippen LogP contribution in [0.4, 0.5) is 4.39 Å². The van der Waals surface area contributed by atoms with E-state index in [1.165, 1.54) is 11.3 Å². The maximum Gasteiger partial charge on any atom is 0.151 e. The molecule has 0 aliphatic carbocycles. The van der Waals surface area contributed by atoms with Gasteiger partial charge in [-0.3, -0.25) is 0 Å². The summed E-state index contributed by atoms with van der Waals surface area (Å²) in [5.41, 5.74) is 0. The zero-order chi connectivity index (χ0) is 8.72. The zero-order valence-electron chi connectivity index (χ0n) is 5.84. The first-order valence-electron chi connectivity index (χ1n) is 3.24. The maximum atomic E-state index is 13.3. The predicted molar refractivity (Wildman–Crippen MR) is 54.0 cm³/mol. The van der Waals surface area contributed by atoms with Crippen molar-refractivity contribution in [1.29, 1.82) is 0 Å². The topological polar surface area (TPSA) is 0 Å². The number of thiol groups is 1. The summed E-state index contributed by atoms with van der Waals surface area (Å²) in [5, 5.41) is 2.47. The molecule has 1 aromatic heterocycles. The van der Waals surface area contributed by atoms with Gasteiger partial charge in [0.1, 0.15) is 0 Å². The van der Waals surface area contributed by atoms with Crippen molar-refractivity contribution in [2.75, 3.05) is 0 Å². The first-order valence-corrected chi connectivity index (χ1v) is 4.95. The highest BCUT2D eigenvalue weighted by Crippen LogP contribution is 2.33. The molecule has 0 amide bonds. The van der Waals surface area contributed by atoms with Gasteiger partial charge in [-0.25, -0.2) is 4.39 Å². The lowest BCUT2D eigenvalue weighted by Crippen LogP contribution is -1.77. The summed E-state index contributed by atoms with van der Waals surface area (Å²) in [5.74, 6) is -0.375. The third-order valence-corrected chi connectivity index (χ3v) is 3.38. The van der Waals surface area contributed by atoms with Gasteiger partial charge in [0.15, 0.2) is 5.82 Å². The third kappa shape index (κ3) is 1.13. The van der Waals surface area contributed by atoms with Crippen LogP contribution in [0.1, 0.15) is 0 Å². The van der Waals surface area contributed by atoms with Crippen LogP contribution in [0.25, 0.3) is 10.1 Å². The molecule has 0 bridgehead atoms. The van der Waals surface area contributed by atoms with E-state index in [1.807, 2.05) is 0 Å². The third-order valence-electron chi connectivity index (χ3n) is 1.61. The molecule has 0 saturated carbocycles. The Morgan fingerprint density at radius 2 is 2.17 bits per heavy atom. The van der Waals surface area contributed by atoms with E-state index >= 15 is 0 Å². The summed E-state index contributed by atoms with van der Waals surface area (Å²) in [4.78, 5) is 0.648. The molecule has 2 rings (SSSR count). The van der Waals surface area contributed by atoms with Crippen LogP contribution < -0.4 is 0 Å². The summed E-state index contributed by atoms with van der Waals surface area (Å²) in [7, 11) is 0. The Bertz CT molecular complexity index is 436. The van der Waals surface area contributed by atoms with E-state index in [1.54, 1.807) is 17.5 Å². The standard InChI is InChI=1S/C8H4ClFS2/c9-4-1-2-6-7(8(4)10)5(11)3-12-6/h1-3,11H. The molecule has 0 aliphatic heterocycles. The van der Waals surface area contributed by atoms with Crippen LogP contribution in [0.15, 0.2) is 22.4 Å². The van der Waals surface area contributed by atoms with Gasteiger partial charge in [-0.2, -0.15) is 0 Å². The van der Waals surface area contributed by atoms with Crippen molar-refractivity contribution in [3.63, 3.8) is 0 Å². The van der Waals surface area contributed by atoms with E-state index in [-0.39, 0.29) is 10.8 Å². The van der Waals surface area contributed by atoms with E-state index in [2.05, 4.69) is 12.6 Å². The van der Waals surface area contributed by atoms with Crippen LogP contribution >= 0.6 is 35.6 Å². The van der Waals surface area contributed by atoms with Crippen molar-refractivity contribution < 1.29 is 4.39 Å². The minimum atomic E-state index is -0.375. The number of fused-ring (bicyclic) bond motifs is 1. The fraction of sp³-hybridized carbons (Fsp3) is 0. The first kappa shape index (κ1) is 8.35. The number of halogens is 2. The van der Waals surface area contributed by atoms with E-state index in [0.29, 0.717) is 10.3 Å². The molecule has 0 atom stereocenters. The van der Waals surface area contributed by atoms with Crippen LogP contribution in [0.3, 0.4) is 0 Å². The predicted octanol–water partition coefficient (Wildman–Crippen LogP) is 3.98. The van der Waals surface area contributed by atoms with Crippen molar-refractivity contribution in [2.24, 2.45) is 0 Å². The molecule has 0 spiro atoms. The summed E-state index contributed by atoms with van der Waals surface area (Å²) in [6, 6.07) is 3.36. The van der Waals surface area contributed by atoms with E-state index < -0.39 is 0 Å². The van der Waals surface area contributed by atoms with Crippen LogP contribution in [-0.4, -0.2) is 0 Å². The van der Waals surface area contributed by atoms with Gasteiger partial charge in [0, 0.05) is 20.4 Å². The van der Waals surface area contributed by atoms with Crippen molar-refractivity contribution in [3.05, 3.63) is 28.4 Å². The second-order valence-electron chi connectivity index (χ2n) is 2.36. The number of hydrogen-bond donors (Lipinski definition) is 1. The van der Waals surface area contributed by atoms with Crippen LogP contribution in [-0.2, 0) is 0 Å². The summed E-state index contributed by atoms with van der Waals surface area (Å²) in [6.07, 6.45) is 0. The quantitative estimate of drug-likeness (QED) is 0.636. The second kappa shape index (κ2) is 2.91. The monoisotopic (exact) mass is 218 g/mol. The minimum Gasteiger partial charge on any atom is -0.205 e. The largest absolute Gasteiger partial charge is 0.205 e. The molecule has 1 aromatic carbocycles. The van der Waals surface area contributed by atoms with Crippen LogP contribution in [0, 0.1) is 5.82 Å². The number of benzene rings is 1. The lowest BCUT2D eigenvalue weighted by Gasteiger charge is -1.95. The van der Waals surface area contributed by atoms with Crippen LogP contribution in [0.5, 0.6) is 0 Å². The second-order valence-corrected chi connectivity index (χ2v) is 4.16. The Hall–Kier alpha value is -0.250. The fourth-order valence-electron chi connectivity index (χ4n) is 1.05. The molecule has 0 saturated heterocycles. The Balaban J connectivity index is 2.96. The molecule has 62 valence electrons. The summed E-state index contributed by atoms with van der Waals surface area (Å²) in [6.45, 7) is 0. The zero-order valence-corrected chi connectivity index (χ0v) is 8.31. The van der Waals surface area contributed by atoms with E-state index in [0.717, 1.165) is 4.70 Å². The summed E-state index contributed by atoms with van der Waals surface area (Å²) < 4.78 is 14.2. The Labute approximate surface area is 83.4 Å².